The zero-order chi connectivity index (χ0) is 18.4. The van der Waals surface area contributed by atoms with Crippen LogP contribution in [-0.2, 0) is 16.0 Å². The number of anilines is 1. The Morgan fingerprint density at radius 1 is 1.15 bits per heavy atom. The molecule has 1 saturated heterocycles. The SMILES string of the molecule is CCCC(=O)Nc1nc2ccc(CCC(=O)N3CCCCCC3)cc2s1. The van der Waals surface area contributed by atoms with Crippen LogP contribution in [0.1, 0.15) is 57.4 Å². The van der Waals surface area contributed by atoms with Gasteiger partial charge < -0.3 is 10.2 Å². The number of carbonyl (C=O) groups is 2. The Labute approximate surface area is 158 Å². The number of thiazole rings is 1. The molecule has 0 aliphatic carbocycles. The van der Waals surface area contributed by atoms with Crippen molar-refractivity contribution in [1.82, 2.24) is 9.88 Å². The molecule has 1 aliphatic rings. The van der Waals surface area contributed by atoms with E-state index in [0.29, 0.717) is 18.0 Å². The summed E-state index contributed by atoms with van der Waals surface area (Å²) in [7, 11) is 0. The van der Waals surface area contributed by atoms with Gasteiger partial charge in [-0.2, -0.15) is 0 Å². The monoisotopic (exact) mass is 373 g/mol. The number of hydrogen-bond donors (Lipinski definition) is 1. The van der Waals surface area contributed by atoms with Gasteiger partial charge in [0, 0.05) is 25.9 Å². The highest BCUT2D eigenvalue weighted by molar-refractivity contribution is 7.22. The number of benzene rings is 1. The van der Waals surface area contributed by atoms with Crippen molar-refractivity contribution in [2.45, 2.75) is 58.3 Å². The highest BCUT2D eigenvalue weighted by Crippen LogP contribution is 2.27. The molecule has 2 aromatic rings. The van der Waals surface area contributed by atoms with Gasteiger partial charge in [-0.15, -0.1) is 0 Å². The van der Waals surface area contributed by atoms with Crippen LogP contribution in [0.5, 0.6) is 0 Å². The maximum atomic E-state index is 12.4. The maximum Gasteiger partial charge on any atom is 0.226 e. The molecule has 140 valence electrons. The van der Waals surface area contributed by atoms with Crippen LogP contribution in [0.15, 0.2) is 18.2 Å². The topological polar surface area (TPSA) is 62.3 Å². The minimum absolute atomic E-state index is 0.00910. The summed E-state index contributed by atoms with van der Waals surface area (Å²) < 4.78 is 1.05. The summed E-state index contributed by atoms with van der Waals surface area (Å²) in [4.78, 5) is 30.7. The zero-order valence-corrected chi connectivity index (χ0v) is 16.2. The van der Waals surface area contributed by atoms with E-state index in [1.54, 1.807) is 0 Å². The summed E-state index contributed by atoms with van der Waals surface area (Å²) in [6.07, 6.45) is 7.39. The quantitative estimate of drug-likeness (QED) is 0.818. The van der Waals surface area contributed by atoms with Gasteiger partial charge in [-0.1, -0.05) is 37.2 Å². The van der Waals surface area contributed by atoms with Gasteiger partial charge in [-0.25, -0.2) is 4.98 Å². The van der Waals surface area contributed by atoms with Gasteiger partial charge in [0.1, 0.15) is 0 Å². The van der Waals surface area contributed by atoms with E-state index in [-0.39, 0.29) is 11.8 Å². The standard InChI is InChI=1S/C20H27N3O2S/c1-2-7-18(24)22-20-21-16-10-8-15(14-17(16)26-20)9-11-19(25)23-12-5-3-4-6-13-23/h8,10,14H,2-7,9,11-13H2,1H3,(H,21,22,24). The molecule has 1 fully saturated rings. The van der Waals surface area contributed by atoms with Crippen molar-refractivity contribution in [3.05, 3.63) is 23.8 Å². The molecule has 0 spiro atoms. The third kappa shape index (κ3) is 5.04. The number of amides is 2. The van der Waals surface area contributed by atoms with E-state index >= 15 is 0 Å². The molecule has 0 saturated carbocycles. The Morgan fingerprint density at radius 3 is 2.65 bits per heavy atom. The van der Waals surface area contributed by atoms with Crippen molar-refractivity contribution in [1.29, 1.82) is 0 Å². The molecule has 3 rings (SSSR count). The van der Waals surface area contributed by atoms with Crippen LogP contribution in [0.4, 0.5) is 5.13 Å². The number of nitrogens with one attached hydrogen (secondary N) is 1. The highest BCUT2D eigenvalue weighted by atomic mass is 32.1. The van der Waals surface area contributed by atoms with E-state index in [9.17, 15) is 9.59 Å². The number of aromatic nitrogens is 1. The normalized spacial score (nSPS) is 15.0. The smallest absolute Gasteiger partial charge is 0.226 e. The average molecular weight is 374 g/mol. The number of aryl methyl sites for hydroxylation is 1. The lowest BCUT2D eigenvalue weighted by atomic mass is 10.1. The molecule has 1 N–H and O–H groups in total. The van der Waals surface area contributed by atoms with Gasteiger partial charge in [0.15, 0.2) is 5.13 Å². The summed E-state index contributed by atoms with van der Waals surface area (Å²) in [5.74, 6) is 0.277. The number of nitrogens with zero attached hydrogens (tertiary/aromatic N) is 2. The molecule has 5 nitrogen and oxygen atoms in total. The maximum absolute atomic E-state index is 12.4. The van der Waals surface area contributed by atoms with Gasteiger partial charge in [-0.3, -0.25) is 9.59 Å². The first-order chi connectivity index (χ1) is 12.7. The zero-order valence-electron chi connectivity index (χ0n) is 15.4. The van der Waals surface area contributed by atoms with Crippen LogP contribution in [-0.4, -0.2) is 34.8 Å². The Balaban J connectivity index is 1.59. The lowest BCUT2D eigenvalue weighted by Crippen LogP contribution is -2.31. The lowest BCUT2D eigenvalue weighted by molar-refractivity contribution is -0.131. The summed E-state index contributed by atoms with van der Waals surface area (Å²) in [6, 6.07) is 6.11. The van der Waals surface area contributed by atoms with Gasteiger partial charge in [0.2, 0.25) is 11.8 Å². The summed E-state index contributed by atoms with van der Waals surface area (Å²) >= 11 is 1.49. The van der Waals surface area contributed by atoms with Crippen LogP contribution in [0.2, 0.25) is 0 Å². The van der Waals surface area contributed by atoms with E-state index in [0.717, 1.165) is 54.6 Å². The Hall–Kier alpha value is -1.95. The molecule has 1 aromatic heterocycles. The Morgan fingerprint density at radius 2 is 1.92 bits per heavy atom. The van der Waals surface area contributed by atoms with Crippen molar-refractivity contribution in [3.8, 4) is 0 Å². The predicted octanol–water partition coefficient (Wildman–Crippen LogP) is 4.37. The van der Waals surface area contributed by atoms with Crippen molar-refractivity contribution < 1.29 is 9.59 Å². The molecule has 2 heterocycles. The van der Waals surface area contributed by atoms with Gasteiger partial charge in [-0.05, 0) is 43.4 Å². The molecular weight excluding hydrogens is 346 g/mol. The molecule has 1 aromatic carbocycles. The minimum atomic E-state index is 0.00910. The molecule has 0 radical (unpaired) electrons. The third-order valence-corrected chi connectivity index (χ3v) is 5.70. The van der Waals surface area contributed by atoms with E-state index in [1.807, 2.05) is 24.0 Å². The molecule has 0 unspecified atom stereocenters. The fourth-order valence-electron chi connectivity index (χ4n) is 3.32. The summed E-state index contributed by atoms with van der Waals surface area (Å²) in [6.45, 7) is 3.80. The average Bonchev–Trinajstić information content (AvgIpc) is 2.82. The van der Waals surface area contributed by atoms with Gasteiger partial charge >= 0.3 is 0 Å². The molecule has 6 heteroatoms. The number of hydrogen-bond acceptors (Lipinski definition) is 4. The second kappa shape index (κ2) is 9.12. The van der Waals surface area contributed by atoms with Gasteiger partial charge in [0.05, 0.1) is 10.2 Å². The molecule has 2 amide bonds. The number of fused-ring (bicyclic) bond motifs is 1. The van der Waals surface area contributed by atoms with E-state index < -0.39 is 0 Å². The molecule has 1 aliphatic heterocycles. The third-order valence-electron chi connectivity index (χ3n) is 4.76. The number of carbonyl (C=O) groups excluding carboxylic acids is 2. The van der Waals surface area contributed by atoms with Crippen LogP contribution in [0, 0.1) is 0 Å². The Kier molecular flexibility index (Phi) is 6.61. The highest BCUT2D eigenvalue weighted by Gasteiger charge is 2.15. The summed E-state index contributed by atoms with van der Waals surface area (Å²) in [5.41, 5.74) is 2.04. The van der Waals surface area contributed by atoms with Crippen LogP contribution < -0.4 is 5.32 Å². The molecule has 26 heavy (non-hydrogen) atoms. The lowest BCUT2D eigenvalue weighted by Gasteiger charge is -2.20. The Bertz CT molecular complexity index is 764. The van der Waals surface area contributed by atoms with Crippen LogP contribution in [0.3, 0.4) is 0 Å². The van der Waals surface area contributed by atoms with E-state index in [4.69, 9.17) is 0 Å². The minimum Gasteiger partial charge on any atom is -0.343 e. The van der Waals surface area contributed by atoms with Crippen molar-refractivity contribution in [2.24, 2.45) is 0 Å². The van der Waals surface area contributed by atoms with Crippen LogP contribution in [0.25, 0.3) is 10.2 Å². The predicted molar refractivity (Wildman–Crippen MR) is 107 cm³/mol. The van der Waals surface area contributed by atoms with Crippen molar-refractivity contribution in [2.75, 3.05) is 18.4 Å². The van der Waals surface area contributed by atoms with Crippen molar-refractivity contribution in [3.63, 3.8) is 0 Å². The summed E-state index contributed by atoms with van der Waals surface area (Å²) in [5, 5.41) is 3.51. The van der Waals surface area contributed by atoms with Crippen LogP contribution >= 0.6 is 11.3 Å². The van der Waals surface area contributed by atoms with E-state index in [1.165, 1.54) is 24.2 Å². The molecular formula is C20H27N3O2S. The van der Waals surface area contributed by atoms with Gasteiger partial charge in [0.25, 0.3) is 0 Å². The van der Waals surface area contributed by atoms with E-state index in [2.05, 4.69) is 16.4 Å². The number of likely N-dealkylation sites (tertiary alicyclic amines) is 1. The second-order valence-corrected chi connectivity index (χ2v) is 7.94. The second-order valence-electron chi connectivity index (χ2n) is 6.91. The fourth-order valence-corrected chi connectivity index (χ4v) is 4.26. The fraction of sp³-hybridized carbons (Fsp3) is 0.550. The largest absolute Gasteiger partial charge is 0.343 e. The first-order valence-electron chi connectivity index (χ1n) is 9.63. The number of rotatable bonds is 6. The van der Waals surface area contributed by atoms with Crippen molar-refractivity contribution >= 4 is 38.5 Å². The first kappa shape index (κ1) is 18.8. The molecule has 0 bridgehead atoms. The molecule has 0 atom stereocenters. The first-order valence-corrected chi connectivity index (χ1v) is 10.4.